The molecule has 1 aliphatic rings. The van der Waals surface area contributed by atoms with Crippen LogP contribution in [-0.2, 0) is 16.6 Å². The second-order valence-electron chi connectivity index (χ2n) is 7.75. The number of nitrogens with zero attached hydrogens (tertiary/aromatic N) is 4. The van der Waals surface area contributed by atoms with E-state index in [4.69, 9.17) is 4.74 Å². The summed E-state index contributed by atoms with van der Waals surface area (Å²) >= 11 is 0. The summed E-state index contributed by atoms with van der Waals surface area (Å²) in [7, 11) is 3.59. The van der Waals surface area contributed by atoms with Crippen molar-refractivity contribution in [1.82, 2.24) is 19.7 Å². The number of likely N-dealkylation sites (tertiary alicyclic amines) is 1. The van der Waals surface area contributed by atoms with Gasteiger partial charge in [-0.15, -0.1) is 0 Å². The molecule has 1 fully saturated rings. The summed E-state index contributed by atoms with van der Waals surface area (Å²) < 4.78 is 6.88. The number of methoxy groups -OCH3 is 1. The molecule has 0 radical (unpaired) electrons. The summed E-state index contributed by atoms with van der Waals surface area (Å²) in [6, 6.07) is 8.12. The van der Waals surface area contributed by atoms with Gasteiger partial charge in [-0.25, -0.2) is 4.98 Å². The normalized spacial score (nSPS) is 16.1. The molecule has 1 aromatic carbocycles. The fraction of sp³-hybridized carbons (Fsp3) is 0.381. The van der Waals surface area contributed by atoms with Gasteiger partial charge in [0, 0.05) is 57.1 Å². The molecule has 28 heavy (non-hydrogen) atoms. The van der Waals surface area contributed by atoms with Crippen LogP contribution in [-0.4, -0.2) is 58.9 Å². The van der Waals surface area contributed by atoms with Gasteiger partial charge in [0.2, 0.25) is 5.91 Å². The Kier molecular flexibility index (Phi) is 4.87. The third kappa shape index (κ3) is 3.63. The lowest BCUT2D eigenvalue weighted by molar-refractivity contribution is -0.134. The van der Waals surface area contributed by atoms with Gasteiger partial charge in [0.05, 0.1) is 18.2 Å². The molecule has 0 aliphatic carbocycles. The second kappa shape index (κ2) is 7.33. The standard InChI is InChI=1S/C21H25N5O2/c1-21(13-26(14-21)6-7-28-3)20(27)24-19-9-17-8-15(4-5-16(17)10-22-19)18-11-23-25(2)12-18/h4-5,8-12H,6-7,13-14H2,1-3H3,(H,22,24,27). The van der Waals surface area contributed by atoms with Crippen LogP contribution in [0.5, 0.6) is 0 Å². The van der Waals surface area contributed by atoms with Crippen molar-refractivity contribution in [3.8, 4) is 11.1 Å². The molecule has 7 nitrogen and oxygen atoms in total. The van der Waals surface area contributed by atoms with Crippen LogP contribution in [0.3, 0.4) is 0 Å². The molecular weight excluding hydrogens is 354 g/mol. The Hall–Kier alpha value is -2.77. The molecule has 0 saturated carbocycles. The summed E-state index contributed by atoms with van der Waals surface area (Å²) in [6.45, 7) is 5.00. The molecule has 1 amide bonds. The van der Waals surface area contributed by atoms with Gasteiger partial charge in [0.1, 0.15) is 5.82 Å². The fourth-order valence-electron chi connectivity index (χ4n) is 3.69. The Morgan fingerprint density at radius 1 is 1.21 bits per heavy atom. The van der Waals surface area contributed by atoms with Crippen molar-refractivity contribution < 1.29 is 9.53 Å². The number of aromatic nitrogens is 3. The van der Waals surface area contributed by atoms with Crippen molar-refractivity contribution in [2.45, 2.75) is 6.92 Å². The van der Waals surface area contributed by atoms with Crippen molar-refractivity contribution in [2.75, 3.05) is 38.7 Å². The van der Waals surface area contributed by atoms with Crippen LogP contribution < -0.4 is 5.32 Å². The molecule has 3 heterocycles. The van der Waals surface area contributed by atoms with Crippen LogP contribution in [0.2, 0.25) is 0 Å². The Morgan fingerprint density at radius 2 is 2.04 bits per heavy atom. The van der Waals surface area contributed by atoms with E-state index in [0.29, 0.717) is 12.4 Å². The molecular formula is C21H25N5O2. The number of hydrogen-bond donors (Lipinski definition) is 1. The van der Waals surface area contributed by atoms with Crippen LogP contribution in [0.15, 0.2) is 42.9 Å². The summed E-state index contributed by atoms with van der Waals surface area (Å²) in [5.74, 6) is 0.592. The highest BCUT2D eigenvalue weighted by Crippen LogP contribution is 2.31. The van der Waals surface area contributed by atoms with Gasteiger partial charge in [-0.1, -0.05) is 12.1 Å². The van der Waals surface area contributed by atoms with Crippen molar-refractivity contribution in [1.29, 1.82) is 0 Å². The SMILES string of the molecule is COCCN1CC(C)(C(=O)Nc2cc3cc(-c4cnn(C)c4)ccc3cn2)C1. The lowest BCUT2D eigenvalue weighted by Crippen LogP contribution is -2.60. The maximum absolute atomic E-state index is 12.7. The van der Waals surface area contributed by atoms with Crippen LogP contribution in [0.25, 0.3) is 21.9 Å². The maximum atomic E-state index is 12.7. The zero-order valence-corrected chi connectivity index (χ0v) is 16.5. The predicted octanol–water partition coefficient (Wildman–Crippen LogP) is 2.54. The molecule has 4 rings (SSSR count). The lowest BCUT2D eigenvalue weighted by Gasteiger charge is -2.46. The Morgan fingerprint density at radius 3 is 2.75 bits per heavy atom. The van der Waals surface area contributed by atoms with E-state index in [1.807, 2.05) is 38.5 Å². The van der Waals surface area contributed by atoms with Gasteiger partial charge in [-0.3, -0.25) is 14.4 Å². The molecule has 1 aliphatic heterocycles. The highest BCUT2D eigenvalue weighted by Gasteiger charge is 2.44. The summed E-state index contributed by atoms with van der Waals surface area (Å²) in [5, 5.41) is 9.29. The quantitative estimate of drug-likeness (QED) is 0.713. The molecule has 1 N–H and O–H groups in total. The van der Waals surface area contributed by atoms with E-state index in [9.17, 15) is 4.79 Å². The minimum Gasteiger partial charge on any atom is -0.383 e. The first-order valence-corrected chi connectivity index (χ1v) is 9.38. The summed E-state index contributed by atoms with van der Waals surface area (Å²) in [4.78, 5) is 19.4. The average Bonchev–Trinajstić information content (AvgIpc) is 3.10. The van der Waals surface area contributed by atoms with Crippen LogP contribution in [0.1, 0.15) is 6.92 Å². The van der Waals surface area contributed by atoms with Gasteiger partial charge >= 0.3 is 0 Å². The Bertz CT molecular complexity index is 1010. The van der Waals surface area contributed by atoms with Crippen molar-refractivity contribution >= 4 is 22.5 Å². The largest absolute Gasteiger partial charge is 0.383 e. The van der Waals surface area contributed by atoms with Gasteiger partial charge in [-0.05, 0) is 30.0 Å². The molecule has 146 valence electrons. The van der Waals surface area contributed by atoms with Crippen LogP contribution in [0, 0.1) is 5.41 Å². The van der Waals surface area contributed by atoms with Gasteiger partial charge in [-0.2, -0.15) is 5.10 Å². The minimum atomic E-state index is -0.387. The first-order chi connectivity index (χ1) is 13.5. The number of hydrogen-bond acceptors (Lipinski definition) is 5. The highest BCUT2D eigenvalue weighted by molar-refractivity contribution is 5.97. The van der Waals surface area contributed by atoms with E-state index in [-0.39, 0.29) is 11.3 Å². The third-order valence-corrected chi connectivity index (χ3v) is 5.31. The summed E-state index contributed by atoms with van der Waals surface area (Å²) in [5.41, 5.74) is 1.76. The van der Waals surface area contributed by atoms with Crippen molar-refractivity contribution in [3.63, 3.8) is 0 Å². The van der Waals surface area contributed by atoms with Gasteiger partial charge in [0.25, 0.3) is 0 Å². The number of rotatable bonds is 6. The molecule has 0 bridgehead atoms. The van der Waals surface area contributed by atoms with Crippen LogP contribution >= 0.6 is 0 Å². The molecule has 3 aromatic rings. The predicted molar refractivity (Wildman–Crippen MR) is 109 cm³/mol. The molecule has 2 aromatic heterocycles. The van der Waals surface area contributed by atoms with Crippen LogP contribution in [0.4, 0.5) is 5.82 Å². The van der Waals surface area contributed by atoms with Gasteiger partial charge in [0.15, 0.2) is 0 Å². The number of carbonyl (C=O) groups excluding carboxylic acids is 1. The average molecular weight is 379 g/mol. The highest BCUT2D eigenvalue weighted by atomic mass is 16.5. The number of ether oxygens (including phenoxy) is 1. The smallest absolute Gasteiger partial charge is 0.234 e. The number of pyridine rings is 1. The van der Waals surface area contributed by atoms with Crippen molar-refractivity contribution in [3.05, 3.63) is 42.9 Å². The third-order valence-electron chi connectivity index (χ3n) is 5.31. The van der Waals surface area contributed by atoms with Gasteiger partial charge < -0.3 is 10.1 Å². The number of aryl methyl sites for hydroxylation is 1. The number of nitrogens with one attached hydrogen (secondary N) is 1. The van der Waals surface area contributed by atoms with E-state index in [0.717, 1.165) is 41.5 Å². The molecule has 7 heteroatoms. The lowest BCUT2D eigenvalue weighted by atomic mass is 9.81. The molecule has 0 spiro atoms. The number of carbonyl (C=O) groups is 1. The monoisotopic (exact) mass is 379 g/mol. The first-order valence-electron chi connectivity index (χ1n) is 9.38. The Labute approximate surface area is 164 Å². The molecule has 0 atom stereocenters. The van der Waals surface area contributed by atoms with E-state index in [2.05, 4.69) is 32.4 Å². The molecule has 0 unspecified atom stereocenters. The number of anilines is 1. The Balaban J connectivity index is 1.49. The topological polar surface area (TPSA) is 72.3 Å². The second-order valence-corrected chi connectivity index (χ2v) is 7.75. The first kappa shape index (κ1) is 18.6. The summed E-state index contributed by atoms with van der Waals surface area (Å²) in [6.07, 6.45) is 5.63. The number of fused-ring (bicyclic) bond motifs is 1. The fourth-order valence-corrected chi connectivity index (χ4v) is 3.69. The molecule has 1 saturated heterocycles. The zero-order chi connectivity index (χ0) is 19.7. The van der Waals surface area contributed by atoms with E-state index < -0.39 is 0 Å². The maximum Gasteiger partial charge on any atom is 0.234 e. The number of benzene rings is 1. The number of amides is 1. The zero-order valence-electron chi connectivity index (χ0n) is 16.5. The van der Waals surface area contributed by atoms with E-state index in [1.165, 1.54) is 0 Å². The van der Waals surface area contributed by atoms with Crippen molar-refractivity contribution in [2.24, 2.45) is 12.5 Å². The minimum absolute atomic E-state index is 0.0106. The van der Waals surface area contributed by atoms with E-state index in [1.54, 1.807) is 18.0 Å². The van der Waals surface area contributed by atoms with E-state index >= 15 is 0 Å².